The second-order valence-corrected chi connectivity index (χ2v) is 29.4. The van der Waals surface area contributed by atoms with Gasteiger partial charge in [-0.05, 0) is 57.8 Å². The van der Waals surface area contributed by atoms with Crippen molar-refractivity contribution in [3.8, 4) is 0 Å². The molecule has 9 heteroatoms. The monoisotopic (exact) mass is 1330 g/mol. The van der Waals surface area contributed by atoms with E-state index >= 15 is 0 Å². The Bertz CT molecular complexity index is 1750. The van der Waals surface area contributed by atoms with Gasteiger partial charge in [-0.1, -0.05) is 402 Å². The number of likely N-dealkylation sites (N-methyl/N-ethyl adjacent to an activating group) is 1. The average Bonchev–Trinajstić information content (AvgIpc) is 2.92. The van der Waals surface area contributed by atoms with Crippen molar-refractivity contribution in [2.45, 2.75) is 424 Å². The lowest BCUT2D eigenvalue weighted by molar-refractivity contribution is -0.870. The van der Waals surface area contributed by atoms with Crippen LogP contribution in [0.3, 0.4) is 0 Å². The van der Waals surface area contributed by atoms with Crippen molar-refractivity contribution in [1.29, 1.82) is 0 Å². The number of hydrogen-bond donors (Lipinski definition) is 0. The Morgan fingerprint density at radius 2 is 0.600 bits per heavy atom. The number of carbonyl (C=O) groups is 3. The first-order valence-electron chi connectivity index (χ1n) is 41.4. The van der Waals surface area contributed by atoms with E-state index in [9.17, 15) is 19.5 Å². The number of esters is 2. The maximum atomic E-state index is 13.0. The van der Waals surface area contributed by atoms with E-state index in [1.165, 1.54) is 315 Å². The lowest BCUT2D eigenvalue weighted by Gasteiger charge is -2.26. The molecule has 0 radical (unpaired) electrons. The van der Waals surface area contributed by atoms with E-state index in [-0.39, 0.29) is 32.2 Å². The fraction of sp³-hybridized carbons (Fsp3) is 0.849. The molecule has 556 valence electrons. The fourth-order valence-corrected chi connectivity index (χ4v) is 12.5. The average molecular weight is 1340 g/mol. The van der Waals surface area contributed by atoms with Crippen LogP contribution in [0, 0.1) is 0 Å². The Morgan fingerprint density at radius 3 is 0.895 bits per heavy atom. The van der Waals surface area contributed by atoms with Gasteiger partial charge in [-0.25, -0.2) is 0 Å². The van der Waals surface area contributed by atoms with Gasteiger partial charge in [0.1, 0.15) is 13.2 Å². The minimum Gasteiger partial charge on any atom is -0.545 e. The third-order valence-corrected chi connectivity index (χ3v) is 18.8. The van der Waals surface area contributed by atoms with Gasteiger partial charge in [0.2, 0.25) is 0 Å². The predicted molar refractivity (Wildman–Crippen MR) is 408 cm³/mol. The van der Waals surface area contributed by atoms with Gasteiger partial charge in [0.05, 0.1) is 40.3 Å². The summed E-state index contributed by atoms with van der Waals surface area (Å²) in [6.45, 7) is 4.72. The second-order valence-electron chi connectivity index (χ2n) is 29.4. The summed E-state index contributed by atoms with van der Waals surface area (Å²) in [4.78, 5) is 37.6. The Balaban J connectivity index is 3.95. The minimum absolute atomic E-state index is 0.151. The number of carboxylic acids is 1. The number of hydrogen-bond acceptors (Lipinski definition) is 8. The smallest absolute Gasteiger partial charge is 0.306 e. The molecule has 0 rings (SSSR count). The van der Waals surface area contributed by atoms with Crippen molar-refractivity contribution in [2.24, 2.45) is 0 Å². The maximum absolute atomic E-state index is 13.0. The third kappa shape index (κ3) is 78.2. The van der Waals surface area contributed by atoms with Crippen molar-refractivity contribution in [3.63, 3.8) is 0 Å². The molecule has 2 atom stereocenters. The summed E-state index contributed by atoms with van der Waals surface area (Å²) in [6.07, 6.45) is 99.4. The van der Waals surface area contributed by atoms with Gasteiger partial charge in [0, 0.05) is 12.8 Å². The van der Waals surface area contributed by atoms with Gasteiger partial charge in [0.15, 0.2) is 12.4 Å². The van der Waals surface area contributed by atoms with Crippen molar-refractivity contribution < 1.29 is 42.9 Å². The molecule has 0 aliphatic carbocycles. The zero-order valence-corrected chi connectivity index (χ0v) is 63.8. The topological polar surface area (TPSA) is 111 Å². The van der Waals surface area contributed by atoms with Crippen molar-refractivity contribution in [2.75, 3.05) is 47.5 Å². The number of carboxylic acid groups (broad SMARTS) is 1. The van der Waals surface area contributed by atoms with E-state index in [0.717, 1.165) is 70.6 Å². The molecular formula is C86H159NO8. The van der Waals surface area contributed by atoms with Crippen LogP contribution in [0.4, 0.5) is 0 Å². The molecule has 0 fully saturated rings. The van der Waals surface area contributed by atoms with Gasteiger partial charge >= 0.3 is 11.9 Å². The van der Waals surface area contributed by atoms with Crippen LogP contribution in [0.5, 0.6) is 0 Å². The highest BCUT2D eigenvalue weighted by Gasteiger charge is 2.22. The number of quaternary nitrogens is 1. The largest absolute Gasteiger partial charge is 0.545 e. The van der Waals surface area contributed by atoms with E-state index in [4.69, 9.17) is 18.9 Å². The van der Waals surface area contributed by atoms with Crippen LogP contribution >= 0.6 is 0 Å². The SMILES string of the molecule is CC/C=C\C/C=C\C/C=C\C/C=C\C/C=C\CCCCCCCCCCCCCCCCCCCCCCCCCC(=O)OC(COC(=O)CCCCCCCCCCCCCCCCCCCCCCCCCCCCCCCCC)COC(OCC[N+](C)(C)C)C(=O)[O-]. The van der Waals surface area contributed by atoms with Crippen LogP contribution in [0.25, 0.3) is 0 Å². The van der Waals surface area contributed by atoms with E-state index in [0.29, 0.717) is 17.4 Å². The zero-order valence-electron chi connectivity index (χ0n) is 63.8. The van der Waals surface area contributed by atoms with E-state index < -0.39 is 24.3 Å². The van der Waals surface area contributed by atoms with E-state index in [1.54, 1.807) is 0 Å². The lowest BCUT2D eigenvalue weighted by Crippen LogP contribution is -2.44. The second kappa shape index (κ2) is 76.7. The van der Waals surface area contributed by atoms with Crippen LogP contribution in [-0.2, 0) is 33.3 Å². The van der Waals surface area contributed by atoms with Gasteiger partial charge in [-0.2, -0.15) is 0 Å². The number of unbranched alkanes of at least 4 members (excludes halogenated alkanes) is 53. The summed E-state index contributed by atoms with van der Waals surface area (Å²) >= 11 is 0. The highest BCUT2D eigenvalue weighted by Crippen LogP contribution is 2.20. The first-order valence-corrected chi connectivity index (χ1v) is 41.4. The highest BCUT2D eigenvalue weighted by molar-refractivity contribution is 5.70. The molecule has 0 bridgehead atoms. The van der Waals surface area contributed by atoms with Crippen molar-refractivity contribution >= 4 is 17.9 Å². The third-order valence-electron chi connectivity index (χ3n) is 18.8. The molecule has 0 saturated carbocycles. The molecule has 0 aromatic rings. The van der Waals surface area contributed by atoms with Gasteiger partial charge in [-0.3, -0.25) is 9.59 Å². The molecule has 9 nitrogen and oxygen atoms in total. The normalized spacial score (nSPS) is 12.9. The summed E-state index contributed by atoms with van der Waals surface area (Å²) in [5.41, 5.74) is 0. The summed E-state index contributed by atoms with van der Waals surface area (Å²) in [6, 6.07) is 0. The molecule has 2 unspecified atom stereocenters. The van der Waals surface area contributed by atoms with E-state index in [1.807, 2.05) is 21.1 Å². The van der Waals surface area contributed by atoms with Crippen molar-refractivity contribution in [3.05, 3.63) is 60.8 Å². The highest BCUT2D eigenvalue weighted by atomic mass is 16.7. The van der Waals surface area contributed by atoms with Gasteiger partial charge in [-0.15, -0.1) is 0 Å². The molecule has 0 aromatic carbocycles. The molecule has 0 aliphatic heterocycles. The lowest BCUT2D eigenvalue weighted by atomic mass is 10.0. The Hall–Kier alpha value is -3.01. The summed E-state index contributed by atoms with van der Waals surface area (Å²) in [7, 11) is 5.95. The first kappa shape index (κ1) is 92.0. The molecule has 0 aliphatic rings. The Kier molecular flexibility index (Phi) is 74.3. The quantitative estimate of drug-likeness (QED) is 0.0195. The Labute approximate surface area is 590 Å². The van der Waals surface area contributed by atoms with Crippen LogP contribution in [0.15, 0.2) is 60.8 Å². The number of aliphatic carboxylic acids is 1. The molecule has 0 amide bonds. The zero-order chi connectivity index (χ0) is 69.0. The molecule has 0 saturated heterocycles. The minimum atomic E-state index is -1.62. The Morgan fingerprint density at radius 1 is 0.326 bits per heavy atom. The number of nitrogens with zero attached hydrogens (tertiary/aromatic N) is 1. The number of rotatable bonds is 78. The molecule has 0 N–H and O–H groups in total. The summed E-state index contributed by atoms with van der Waals surface area (Å²) < 4.78 is 22.9. The summed E-state index contributed by atoms with van der Waals surface area (Å²) in [5, 5.41) is 11.9. The van der Waals surface area contributed by atoms with Crippen LogP contribution in [-0.4, -0.2) is 82.3 Å². The standard InChI is InChI=1S/C86H159NO8/c1-6-8-10-12-14-16-18-20-22-24-26-28-30-32-34-36-38-39-40-41-42-43-44-45-47-49-51-53-55-57-59-61-63-65-67-69-71-73-75-77-84(89)95-82(81-94-86(85(90)91)92-79-78-87(3,4)5)80-93-83(88)76-74-72-70-68-66-64-62-60-58-56-54-52-50-48-46-37-35-33-31-29-27-25-23-21-19-17-15-13-11-9-7-2/h8,10,14,16,20,22,26,28,32,34,82,86H,6-7,9,11-13,15,17-19,21,23-25,27,29-31,33,35-81H2,1-5H3/b10-8-,16-14-,22-20-,28-26-,34-32-. The van der Waals surface area contributed by atoms with Crippen LogP contribution < -0.4 is 5.11 Å². The maximum Gasteiger partial charge on any atom is 0.306 e. The summed E-state index contributed by atoms with van der Waals surface area (Å²) in [5.74, 6) is -2.25. The van der Waals surface area contributed by atoms with Crippen LogP contribution in [0.2, 0.25) is 0 Å². The van der Waals surface area contributed by atoms with Gasteiger partial charge < -0.3 is 33.3 Å². The fourth-order valence-electron chi connectivity index (χ4n) is 12.5. The van der Waals surface area contributed by atoms with Crippen molar-refractivity contribution in [1.82, 2.24) is 0 Å². The molecule has 0 aromatic heterocycles. The molecule has 95 heavy (non-hydrogen) atoms. The number of ether oxygens (including phenoxy) is 4. The number of allylic oxidation sites excluding steroid dienone is 10. The molecule has 0 heterocycles. The molecular weight excluding hydrogens is 1170 g/mol. The van der Waals surface area contributed by atoms with E-state index in [2.05, 4.69) is 74.6 Å². The molecule has 0 spiro atoms. The van der Waals surface area contributed by atoms with Crippen LogP contribution in [0.1, 0.15) is 412 Å². The predicted octanol–water partition coefficient (Wildman–Crippen LogP) is 25.3. The number of carbonyl (C=O) groups excluding carboxylic acids is 3. The van der Waals surface area contributed by atoms with Gasteiger partial charge in [0.25, 0.3) is 0 Å². The first-order chi connectivity index (χ1) is 46.6.